The minimum absolute atomic E-state index is 0.0226. The first kappa shape index (κ1) is 15.3. The van der Waals surface area contributed by atoms with E-state index in [-0.39, 0.29) is 36.8 Å². The molecule has 0 unspecified atom stereocenters. The van der Waals surface area contributed by atoms with Gasteiger partial charge in [-0.2, -0.15) is 0 Å². The van der Waals surface area contributed by atoms with Gasteiger partial charge >= 0.3 is 12.0 Å². The quantitative estimate of drug-likeness (QED) is 0.874. The van der Waals surface area contributed by atoms with E-state index in [9.17, 15) is 14.0 Å². The van der Waals surface area contributed by atoms with E-state index in [4.69, 9.17) is 5.11 Å². The van der Waals surface area contributed by atoms with Gasteiger partial charge in [-0.05, 0) is 30.4 Å². The molecule has 6 heteroatoms. The number of aliphatic carboxylic acids is 1. The van der Waals surface area contributed by atoms with Gasteiger partial charge in [0.25, 0.3) is 0 Å². The van der Waals surface area contributed by atoms with Crippen LogP contribution >= 0.6 is 0 Å². The first-order valence-electron chi connectivity index (χ1n) is 6.95. The smallest absolute Gasteiger partial charge is 0.317 e. The van der Waals surface area contributed by atoms with Crippen LogP contribution in [0.5, 0.6) is 0 Å². The Labute approximate surface area is 122 Å². The Kier molecular flexibility index (Phi) is 4.77. The van der Waals surface area contributed by atoms with Gasteiger partial charge in [-0.1, -0.05) is 18.2 Å². The van der Waals surface area contributed by atoms with Gasteiger partial charge in [-0.15, -0.1) is 0 Å². The molecule has 1 aliphatic carbocycles. The summed E-state index contributed by atoms with van der Waals surface area (Å²) in [5, 5.41) is 11.4. The number of amides is 2. The van der Waals surface area contributed by atoms with E-state index >= 15 is 0 Å². The van der Waals surface area contributed by atoms with Gasteiger partial charge in [0, 0.05) is 19.6 Å². The van der Waals surface area contributed by atoms with Gasteiger partial charge in [0.15, 0.2) is 0 Å². The fourth-order valence-electron chi connectivity index (χ4n) is 2.45. The minimum atomic E-state index is -0.932. The van der Waals surface area contributed by atoms with Gasteiger partial charge in [-0.25, -0.2) is 9.18 Å². The van der Waals surface area contributed by atoms with Gasteiger partial charge in [0.1, 0.15) is 5.82 Å². The Morgan fingerprint density at radius 3 is 2.67 bits per heavy atom. The monoisotopic (exact) mass is 294 g/mol. The number of benzene rings is 1. The van der Waals surface area contributed by atoms with Crippen molar-refractivity contribution in [3.05, 3.63) is 35.6 Å². The number of carboxylic acid groups (broad SMARTS) is 1. The van der Waals surface area contributed by atoms with E-state index in [0.29, 0.717) is 18.4 Å². The standard InChI is InChI=1S/C15H19FN2O3/c1-18(7-6-14(19)20)15(21)17-11-8-10(9-11)12-4-2-3-5-13(12)16/h2-5,10-11H,6-9H2,1H3,(H,17,21)(H,19,20). The van der Waals surface area contributed by atoms with Crippen molar-refractivity contribution < 1.29 is 19.1 Å². The van der Waals surface area contributed by atoms with Crippen molar-refractivity contribution in [3.8, 4) is 0 Å². The number of nitrogens with zero attached hydrogens (tertiary/aromatic N) is 1. The van der Waals surface area contributed by atoms with E-state index in [1.165, 1.54) is 11.0 Å². The maximum absolute atomic E-state index is 13.6. The van der Waals surface area contributed by atoms with Crippen molar-refractivity contribution in [1.82, 2.24) is 10.2 Å². The SMILES string of the molecule is CN(CCC(=O)O)C(=O)NC1CC(c2ccccc2F)C1. The lowest BCUT2D eigenvalue weighted by Gasteiger charge is -2.37. The molecule has 2 amide bonds. The number of hydrogen-bond donors (Lipinski definition) is 2. The summed E-state index contributed by atoms with van der Waals surface area (Å²) >= 11 is 0. The first-order valence-corrected chi connectivity index (χ1v) is 6.95. The van der Waals surface area contributed by atoms with E-state index in [1.54, 1.807) is 19.2 Å². The van der Waals surface area contributed by atoms with Crippen molar-refractivity contribution >= 4 is 12.0 Å². The van der Waals surface area contributed by atoms with Crippen LogP contribution in [-0.2, 0) is 4.79 Å². The number of rotatable bonds is 5. The summed E-state index contributed by atoms with van der Waals surface area (Å²) in [5.41, 5.74) is 0.697. The van der Waals surface area contributed by atoms with Crippen LogP contribution in [0.2, 0.25) is 0 Å². The van der Waals surface area contributed by atoms with Crippen LogP contribution in [0, 0.1) is 5.82 Å². The van der Waals surface area contributed by atoms with E-state index < -0.39 is 5.97 Å². The highest BCUT2D eigenvalue weighted by atomic mass is 19.1. The third-order valence-corrected chi connectivity index (χ3v) is 3.82. The highest BCUT2D eigenvalue weighted by Gasteiger charge is 2.33. The summed E-state index contributed by atoms with van der Waals surface area (Å²) < 4.78 is 13.6. The molecule has 2 N–H and O–H groups in total. The first-order chi connectivity index (χ1) is 9.97. The molecule has 2 rings (SSSR count). The zero-order valence-corrected chi connectivity index (χ0v) is 11.9. The Hall–Kier alpha value is -2.11. The molecule has 0 atom stereocenters. The zero-order valence-electron chi connectivity index (χ0n) is 11.9. The summed E-state index contributed by atoms with van der Waals surface area (Å²) in [6, 6.07) is 6.43. The number of urea groups is 1. The lowest BCUT2D eigenvalue weighted by molar-refractivity contribution is -0.137. The van der Waals surface area contributed by atoms with Gasteiger partial charge in [-0.3, -0.25) is 4.79 Å². The molecular formula is C15H19FN2O3. The average molecular weight is 294 g/mol. The second-order valence-electron chi connectivity index (χ2n) is 5.40. The van der Waals surface area contributed by atoms with Crippen LogP contribution in [0.15, 0.2) is 24.3 Å². The normalized spacial score (nSPS) is 20.5. The highest BCUT2D eigenvalue weighted by Crippen LogP contribution is 2.37. The topological polar surface area (TPSA) is 69.6 Å². The third-order valence-electron chi connectivity index (χ3n) is 3.82. The third kappa shape index (κ3) is 3.93. The number of carboxylic acids is 1. The molecule has 1 aromatic rings. The summed E-state index contributed by atoms with van der Waals surface area (Å²) in [4.78, 5) is 23.6. The maximum atomic E-state index is 13.6. The number of carbonyl (C=O) groups is 2. The number of halogens is 1. The summed E-state index contributed by atoms with van der Waals surface area (Å²) in [6.07, 6.45) is 1.34. The molecule has 5 nitrogen and oxygen atoms in total. The highest BCUT2D eigenvalue weighted by molar-refractivity contribution is 5.75. The second kappa shape index (κ2) is 6.56. The van der Waals surface area contributed by atoms with Gasteiger partial charge in [0.2, 0.25) is 0 Å². The van der Waals surface area contributed by atoms with Gasteiger partial charge in [0.05, 0.1) is 6.42 Å². The number of carbonyl (C=O) groups excluding carboxylic acids is 1. The molecule has 1 fully saturated rings. The predicted molar refractivity (Wildman–Crippen MR) is 75.6 cm³/mol. The Balaban J connectivity index is 1.76. The average Bonchev–Trinajstić information content (AvgIpc) is 2.40. The summed E-state index contributed by atoms with van der Waals surface area (Å²) in [6.45, 7) is 0.171. The number of hydrogen-bond acceptors (Lipinski definition) is 2. The van der Waals surface area contributed by atoms with Crippen LogP contribution in [0.3, 0.4) is 0 Å². The fraction of sp³-hybridized carbons (Fsp3) is 0.467. The van der Waals surface area contributed by atoms with Crippen LogP contribution < -0.4 is 5.32 Å². The van der Waals surface area contributed by atoms with E-state index in [1.807, 2.05) is 6.07 Å². The minimum Gasteiger partial charge on any atom is -0.481 e. The van der Waals surface area contributed by atoms with Crippen molar-refractivity contribution in [2.24, 2.45) is 0 Å². The van der Waals surface area contributed by atoms with E-state index in [2.05, 4.69) is 5.32 Å². The van der Waals surface area contributed by atoms with Crippen molar-refractivity contribution in [2.45, 2.75) is 31.2 Å². The largest absolute Gasteiger partial charge is 0.481 e. The Morgan fingerprint density at radius 1 is 1.38 bits per heavy atom. The van der Waals surface area contributed by atoms with Crippen LogP contribution in [0.4, 0.5) is 9.18 Å². The Bertz CT molecular complexity index is 529. The van der Waals surface area contributed by atoms with Crippen molar-refractivity contribution in [1.29, 1.82) is 0 Å². The fourth-order valence-corrected chi connectivity index (χ4v) is 2.45. The molecular weight excluding hydrogens is 275 g/mol. The molecule has 114 valence electrons. The molecule has 0 aromatic heterocycles. The van der Waals surface area contributed by atoms with Crippen LogP contribution in [-0.4, -0.2) is 41.6 Å². The van der Waals surface area contributed by atoms with Gasteiger partial charge < -0.3 is 15.3 Å². The molecule has 0 saturated heterocycles. The predicted octanol–water partition coefficient (Wildman–Crippen LogP) is 2.19. The van der Waals surface area contributed by atoms with Crippen molar-refractivity contribution in [2.75, 3.05) is 13.6 Å². The number of nitrogens with one attached hydrogen (secondary N) is 1. The Morgan fingerprint density at radius 2 is 2.05 bits per heavy atom. The molecule has 0 heterocycles. The molecule has 0 bridgehead atoms. The molecule has 1 aromatic carbocycles. The molecule has 21 heavy (non-hydrogen) atoms. The molecule has 1 saturated carbocycles. The lowest BCUT2D eigenvalue weighted by atomic mass is 9.76. The van der Waals surface area contributed by atoms with Crippen molar-refractivity contribution in [3.63, 3.8) is 0 Å². The van der Waals surface area contributed by atoms with Crippen LogP contribution in [0.25, 0.3) is 0 Å². The molecule has 1 aliphatic rings. The zero-order chi connectivity index (χ0) is 15.4. The molecule has 0 spiro atoms. The second-order valence-corrected chi connectivity index (χ2v) is 5.40. The lowest BCUT2D eigenvalue weighted by Crippen LogP contribution is -2.48. The maximum Gasteiger partial charge on any atom is 0.317 e. The summed E-state index contributed by atoms with van der Waals surface area (Å²) in [5.74, 6) is -0.996. The molecule has 0 radical (unpaired) electrons. The van der Waals surface area contributed by atoms with E-state index in [0.717, 1.165) is 0 Å². The molecule has 0 aliphatic heterocycles. The van der Waals surface area contributed by atoms with Crippen LogP contribution in [0.1, 0.15) is 30.7 Å². The summed E-state index contributed by atoms with van der Waals surface area (Å²) in [7, 11) is 1.56.